The number of aliphatic hydroxyl groups is 1. The minimum Gasteiger partial charge on any atom is -0.462 e. The number of ether oxygens (including phenoxy) is 1. The van der Waals surface area contributed by atoms with Gasteiger partial charge >= 0.3 is 5.97 Å². The number of rotatable bonds is 11. The van der Waals surface area contributed by atoms with Crippen LogP contribution in [0.3, 0.4) is 0 Å². The van der Waals surface area contributed by atoms with Crippen molar-refractivity contribution in [3.63, 3.8) is 0 Å². The molecular formula is C25H42O3Si. The summed E-state index contributed by atoms with van der Waals surface area (Å²) in [6.07, 6.45) is 21.8. The lowest BCUT2D eigenvalue weighted by Gasteiger charge is -2.31. The van der Waals surface area contributed by atoms with Gasteiger partial charge in [-0.2, -0.15) is 0 Å². The normalized spacial score (nSPS) is 28.7. The summed E-state index contributed by atoms with van der Waals surface area (Å²) in [7, 11) is -1.55. The van der Waals surface area contributed by atoms with Gasteiger partial charge in [0.05, 0.1) is 14.2 Å². The number of carbonyl (C=O) groups is 1. The Morgan fingerprint density at radius 1 is 1.21 bits per heavy atom. The van der Waals surface area contributed by atoms with Crippen molar-refractivity contribution in [2.45, 2.75) is 102 Å². The lowest BCUT2D eigenvalue weighted by atomic mass is 10.0. The Hall–Kier alpha value is -1.13. The van der Waals surface area contributed by atoms with E-state index in [9.17, 15) is 9.90 Å². The van der Waals surface area contributed by atoms with E-state index in [0.717, 1.165) is 25.7 Å². The van der Waals surface area contributed by atoms with Gasteiger partial charge in [0.1, 0.15) is 6.10 Å². The van der Waals surface area contributed by atoms with Gasteiger partial charge in [0.2, 0.25) is 0 Å². The van der Waals surface area contributed by atoms with E-state index in [1.54, 1.807) is 0 Å². The molecule has 0 unspecified atom stereocenters. The zero-order valence-corrected chi connectivity index (χ0v) is 20.0. The van der Waals surface area contributed by atoms with Gasteiger partial charge in [0.25, 0.3) is 0 Å². The molecule has 164 valence electrons. The second kappa shape index (κ2) is 11.9. The van der Waals surface area contributed by atoms with E-state index >= 15 is 0 Å². The molecule has 0 aromatic rings. The van der Waals surface area contributed by atoms with Crippen molar-refractivity contribution >= 4 is 14.0 Å². The molecule has 4 heteroatoms. The first-order valence-electron chi connectivity index (χ1n) is 11.7. The van der Waals surface area contributed by atoms with Crippen LogP contribution < -0.4 is 0 Å². The lowest BCUT2D eigenvalue weighted by molar-refractivity contribution is -0.150. The maximum atomic E-state index is 11.9. The van der Waals surface area contributed by atoms with E-state index in [-0.39, 0.29) is 29.6 Å². The van der Waals surface area contributed by atoms with Crippen LogP contribution in [0.2, 0.25) is 25.2 Å². The quantitative estimate of drug-likeness (QED) is 0.182. The first kappa shape index (κ1) is 24.1. The molecule has 1 fully saturated rings. The van der Waals surface area contributed by atoms with Crippen molar-refractivity contribution < 1.29 is 14.6 Å². The third-order valence-electron chi connectivity index (χ3n) is 6.26. The van der Waals surface area contributed by atoms with E-state index < -0.39 is 8.07 Å². The molecule has 2 aliphatic rings. The first-order valence-corrected chi connectivity index (χ1v) is 15.3. The number of cyclic esters (lactones) is 1. The summed E-state index contributed by atoms with van der Waals surface area (Å²) >= 11 is 0. The standard InChI is InChI=1S/C25H42O3Si/c1-5-6-7-8-9-10-11-14-17-23(29(2,3)4)25(27)21-19-20(21)22-16-13-12-15-18-24(26)28-22/h9-10,12-14,17,20-23,25,27H,5-8,11,15-16,18-19H2,1-4H3/b10-9-,13-12-,17-14-/t20-,21-,22-,23+,25-/m1/s1. The average Bonchev–Trinajstić information content (AvgIpc) is 3.42. The van der Waals surface area contributed by atoms with E-state index in [1.807, 2.05) is 0 Å². The van der Waals surface area contributed by atoms with Gasteiger partial charge in [-0.3, -0.25) is 4.79 Å². The van der Waals surface area contributed by atoms with E-state index in [4.69, 9.17) is 4.74 Å². The largest absolute Gasteiger partial charge is 0.462 e. The Labute approximate surface area is 179 Å². The van der Waals surface area contributed by atoms with Crippen LogP contribution in [-0.4, -0.2) is 31.4 Å². The summed E-state index contributed by atoms with van der Waals surface area (Å²) in [5.41, 5.74) is 0.241. The van der Waals surface area contributed by atoms with Gasteiger partial charge in [0, 0.05) is 18.8 Å². The van der Waals surface area contributed by atoms with Crippen LogP contribution in [0.1, 0.15) is 64.7 Å². The monoisotopic (exact) mass is 418 g/mol. The maximum Gasteiger partial charge on any atom is 0.306 e. The smallest absolute Gasteiger partial charge is 0.306 e. The number of aliphatic hydroxyl groups excluding tert-OH is 1. The number of hydrogen-bond donors (Lipinski definition) is 1. The van der Waals surface area contributed by atoms with Crippen LogP contribution in [0.5, 0.6) is 0 Å². The second-order valence-corrected chi connectivity index (χ2v) is 15.2. The summed E-state index contributed by atoms with van der Waals surface area (Å²) < 4.78 is 5.70. The topological polar surface area (TPSA) is 46.5 Å². The lowest BCUT2D eigenvalue weighted by Crippen LogP contribution is -2.37. The highest BCUT2D eigenvalue weighted by Gasteiger charge is 2.51. The van der Waals surface area contributed by atoms with Crippen LogP contribution in [0, 0.1) is 11.8 Å². The molecule has 0 aromatic carbocycles. The third-order valence-corrected chi connectivity index (χ3v) is 8.80. The molecule has 1 aliphatic heterocycles. The number of hydrogen-bond acceptors (Lipinski definition) is 3. The molecule has 1 saturated carbocycles. The molecule has 1 N–H and O–H groups in total. The maximum absolute atomic E-state index is 11.9. The Balaban J connectivity index is 1.90. The predicted octanol–water partition coefficient (Wildman–Crippen LogP) is 6.43. The fourth-order valence-electron chi connectivity index (χ4n) is 4.35. The van der Waals surface area contributed by atoms with Crippen molar-refractivity contribution in [1.29, 1.82) is 0 Å². The number of esters is 1. The molecule has 1 heterocycles. The minimum absolute atomic E-state index is 0.0592. The first-order chi connectivity index (χ1) is 13.8. The fourth-order valence-corrected chi connectivity index (χ4v) is 6.34. The van der Waals surface area contributed by atoms with E-state index in [0.29, 0.717) is 12.3 Å². The summed E-state index contributed by atoms with van der Waals surface area (Å²) in [6.45, 7) is 9.24. The minimum atomic E-state index is -1.55. The zero-order valence-electron chi connectivity index (χ0n) is 19.0. The molecule has 29 heavy (non-hydrogen) atoms. The van der Waals surface area contributed by atoms with Gasteiger partial charge in [-0.05, 0) is 43.6 Å². The number of carbonyl (C=O) groups excluding carboxylic acids is 1. The number of allylic oxidation sites excluding steroid dienone is 4. The Kier molecular flexibility index (Phi) is 9.91. The Bertz CT molecular complexity index is 587. The molecule has 3 nitrogen and oxygen atoms in total. The Morgan fingerprint density at radius 2 is 2.00 bits per heavy atom. The molecule has 0 amide bonds. The number of unbranched alkanes of at least 4 members (excludes halogenated alkanes) is 3. The van der Waals surface area contributed by atoms with Gasteiger partial charge in [-0.25, -0.2) is 0 Å². The van der Waals surface area contributed by atoms with Crippen molar-refractivity contribution in [2.75, 3.05) is 0 Å². The van der Waals surface area contributed by atoms with E-state index in [1.165, 1.54) is 25.7 Å². The SMILES string of the molecule is CCCCC/C=C\C/C=C\[C@@H]([C@H](O)[C@@H]1C[C@H]1[C@H]1C/C=C\CCC(=O)O1)[Si](C)(C)C. The summed E-state index contributed by atoms with van der Waals surface area (Å²) in [4.78, 5) is 11.9. The molecule has 0 spiro atoms. The summed E-state index contributed by atoms with van der Waals surface area (Å²) in [5, 5.41) is 11.2. The average molecular weight is 419 g/mol. The highest BCUT2D eigenvalue weighted by atomic mass is 28.3. The molecule has 0 aromatic heterocycles. The molecular weight excluding hydrogens is 376 g/mol. The molecule has 5 atom stereocenters. The summed E-state index contributed by atoms with van der Waals surface area (Å²) in [6, 6.07) is 0. The van der Waals surface area contributed by atoms with Crippen LogP contribution in [0.25, 0.3) is 0 Å². The van der Waals surface area contributed by atoms with Crippen LogP contribution in [0.15, 0.2) is 36.5 Å². The molecule has 0 bridgehead atoms. The Morgan fingerprint density at radius 3 is 2.72 bits per heavy atom. The highest BCUT2D eigenvalue weighted by molar-refractivity contribution is 6.78. The zero-order chi connectivity index (χ0) is 21.3. The van der Waals surface area contributed by atoms with Gasteiger partial charge in [0.15, 0.2) is 0 Å². The van der Waals surface area contributed by atoms with Crippen LogP contribution in [0.4, 0.5) is 0 Å². The van der Waals surface area contributed by atoms with Crippen molar-refractivity contribution in [3.8, 4) is 0 Å². The second-order valence-electron chi connectivity index (χ2n) is 9.85. The molecule has 1 aliphatic carbocycles. The molecule has 0 saturated heterocycles. The molecule has 0 radical (unpaired) electrons. The van der Waals surface area contributed by atoms with Gasteiger partial charge < -0.3 is 9.84 Å². The van der Waals surface area contributed by atoms with Crippen LogP contribution in [-0.2, 0) is 9.53 Å². The van der Waals surface area contributed by atoms with Crippen molar-refractivity contribution in [2.24, 2.45) is 11.8 Å². The van der Waals surface area contributed by atoms with E-state index in [2.05, 4.69) is 63.0 Å². The fraction of sp³-hybridized carbons (Fsp3) is 0.720. The summed E-state index contributed by atoms with van der Waals surface area (Å²) in [5.74, 6) is 0.473. The van der Waals surface area contributed by atoms with Crippen LogP contribution >= 0.6 is 0 Å². The highest BCUT2D eigenvalue weighted by Crippen LogP contribution is 2.50. The van der Waals surface area contributed by atoms with Gasteiger partial charge in [-0.15, -0.1) is 0 Å². The van der Waals surface area contributed by atoms with Crippen molar-refractivity contribution in [1.82, 2.24) is 0 Å². The molecule has 2 rings (SSSR count). The third kappa shape index (κ3) is 8.25. The predicted molar refractivity (Wildman–Crippen MR) is 125 cm³/mol. The van der Waals surface area contributed by atoms with Crippen molar-refractivity contribution in [3.05, 3.63) is 36.5 Å². The van der Waals surface area contributed by atoms with Gasteiger partial charge in [-0.1, -0.05) is 75.9 Å².